The molecule has 1 saturated heterocycles. The van der Waals surface area contributed by atoms with Crippen LogP contribution in [0.4, 0.5) is 18.9 Å². The largest absolute Gasteiger partial charge is 0.418 e. The van der Waals surface area contributed by atoms with Crippen LogP contribution in [0, 0.1) is 0 Å². The molecule has 1 fully saturated rings. The minimum Gasteiger partial charge on any atom is -0.378 e. The number of thiophene rings is 1. The van der Waals surface area contributed by atoms with Crippen LogP contribution in [0.3, 0.4) is 0 Å². The van der Waals surface area contributed by atoms with Crippen LogP contribution in [0.1, 0.15) is 15.9 Å². The summed E-state index contributed by atoms with van der Waals surface area (Å²) in [6, 6.07) is 21.6. The van der Waals surface area contributed by atoms with Gasteiger partial charge in [-0.25, -0.2) is 13.4 Å². The van der Waals surface area contributed by atoms with Crippen molar-refractivity contribution in [1.29, 1.82) is 0 Å². The lowest BCUT2D eigenvalue weighted by molar-refractivity contribution is -0.136. The highest BCUT2D eigenvalue weighted by Gasteiger charge is 2.38. The van der Waals surface area contributed by atoms with E-state index < -0.39 is 27.5 Å². The molecule has 7 rings (SSSR count). The smallest absolute Gasteiger partial charge is 0.378 e. The topological polar surface area (TPSA) is 95.6 Å². The van der Waals surface area contributed by atoms with Crippen LogP contribution in [0.15, 0.2) is 94.6 Å². The van der Waals surface area contributed by atoms with Crippen molar-refractivity contribution in [2.75, 3.05) is 37.7 Å². The van der Waals surface area contributed by atoms with E-state index >= 15 is 0 Å². The number of H-pyrrole nitrogens is 1. The number of hydrogen-bond acceptors (Lipinski definition) is 6. The monoisotopic (exact) mass is 676 g/mol. The number of benzene rings is 3. The first-order chi connectivity index (χ1) is 22.5. The molecule has 6 aromatic rings. The van der Waals surface area contributed by atoms with Gasteiger partial charge in [-0.1, -0.05) is 48.5 Å². The zero-order valence-corrected chi connectivity index (χ0v) is 26.5. The van der Waals surface area contributed by atoms with Gasteiger partial charge in [0.05, 0.1) is 24.5 Å². The molecule has 8 nitrogen and oxygen atoms in total. The Balaban J connectivity index is 1.44. The molecule has 0 spiro atoms. The number of ether oxygens (including phenoxy) is 1. The quantitative estimate of drug-likeness (QED) is 0.198. The molecular weight excluding hydrogens is 650 g/mol. The van der Waals surface area contributed by atoms with E-state index in [2.05, 4.69) is 9.97 Å². The molecule has 0 atom stereocenters. The Morgan fingerprint density at radius 1 is 0.979 bits per heavy atom. The van der Waals surface area contributed by atoms with Gasteiger partial charge in [0.1, 0.15) is 9.86 Å². The second-order valence-corrected chi connectivity index (χ2v) is 14.2. The molecule has 47 heavy (non-hydrogen) atoms. The summed E-state index contributed by atoms with van der Waals surface area (Å²) in [5, 5.41) is 2.47. The Hall–Kier alpha value is -4.72. The lowest BCUT2D eigenvalue weighted by Crippen LogP contribution is -2.40. The molecule has 1 aliphatic rings. The number of pyridine rings is 1. The van der Waals surface area contributed by atoms with Gasteiger partial charge in [-0.15, -0.1) is 11.3 Å². The summed E-state index contributed by atoms with van der Waals surface area (Å²) >= 11 is 0.928. The molecule has 0 radical (unpaired) electrons. The number of carbonyl (C=O) groups is 1. The van der Waals surface area contributed by atoms with Gasteiger partial charge in [0, 0.05) is 59.3 Å². The molecular formula is C34H27F3N4O4S2. The maximum absolute atomic E-state index is 14.5. The van der Waals surface area contributed by atoms with Gasteiger partial charge >= 0.3 is 6.18 Å². The van der Waals surface area contributed by atoms with E-state index in [-0.39, 0.29) is 15.6 Å². The van der Waals surface area contributed by atoms with Gasteiger partial charge in [0.25, 0.3) is 15.9 Å². The fraction of sp³-hybridized carbons (Fsp3) is 0.176. The van der Waals surface area contributed by atoms with Crippen molar-refractivity contribution in [3.8, 4) is 22.3 Å². The van der Waals surface area contributed by atoms with Crippen LogP contribution >= 0.6 is 11.3 Å². The number of aromatic nitrogens is 2. The first-order valence-corrected chi connectivity index (χ1v) is 17.0. The van der Waals surface area contributed by atoms with Gasteiger partial charge in [-0.3, -0.25) is 9.10 Å². The number of sulfonamides is 1. The molecule has 3 aromatic heterocycles. The summed E-state index contributed by atoms with van der Waals surface area (Å²) in [4.78, 5) is 22.5. The van der Waals surface area contributed by atoms with Gasteiger partial charge in [-0.05, 0) is 46.8 Å². The highest BCUT2D eigenvalue weighted by molar-refractivity contribution is 7.94. The Morgan fingerprint density at radius 2 is 1.70 bits per heavy atom. The van der Waals surface area contributed by atoms with Crippen LogP contribution in [0.25, 0.3) is 44.2 Å². The summed E-state index contributed by atoms with van der Waals surface area (Å²) in [5.74, 6) is -0.0945. The molecule has 13 heteroatoms. The second-order valence-electron chi connectivity index (χ2n) is 11.1. The number of hydrogen-bond donors (Lipinski definition) is 1. The molecule has 0 saturated carbocycles. The molecule has 240 valence electrons. The van der Waals surface area contributed by atoms with Crippen LogP contribution in [-0.2, 0) is 20.9 Å². The number of nitrogens with one attached hydrogen (secondary N) is 1. The zero-order chi connectivity index (χ0) is 32.9. The van der Waals surface area contributed by atoms with E-state index in [9.17, 15) is 26.4 Å². The first kappa shape index (κ1) is 30.9. The van der Waals surface area contributed by atoms with E-state index in [0.717, 1.165) is 35.6 Å². The number of anilines is 1. The highest BCUT2D eigenvalue weighted by atomic mass is 32.2. The standard InChI is InChI=1S/C34H27F3N4O4S2/c1-40(47(43,44)29-8-5-17-46-29)28-18-24-27(19-26(28)34(35,36)37)39-32-31(24)30(22-6-3-2-4-7-22)25(20-38-32)21-9-11-23(12-10-21)33(42)41-13-15-45-16-14-41/h2-12,17-20H,13-16H2,1H3,(H,38,39). The summed E-state index contributed by atoms with van der Waals surface area (Å²) in [6.07, 6.45) is -3.20. The van der Waals surface area contributed by atoms with E-state index in [1.807, 2.05) is 42.5 Å². The fourth-order valence-electron chi connectivity index (χ4n) is 5.92. The number of aromatic amines is 1. The molecule has 1 N–H and O–H groups in total. The van der Waals surface area contributed by atoms with Crippen molar-refractivity contribution in [3.63, 3.8) is 0 Å². The third-order valence-electron chi connectivity index (χ3n) is 8.30. The number of alkyl halides is 3. The maximum Gasteiger partial charge on any atom is 0.418 e. The number of halogens is 3. The van der Waals surface area contributed by atoms with Crippen molar-refractivity contribution in [1.82, 2.24) is 14.9 Å². The summed E-state index contributed by atoms with van der Waals surface area (Å²) in [7, 11) is -3.15. The van der Waals surface area contributed by atoms with Crippen molar-refractivity contribution < 1.29 is 31.1 Å². The average Bonchev–Trinajstić information content (AvgIpc) is 3.76. The first-order valence-electron chi connectivity index (χ1n) is 14.6. The van der Waals surface area contributed by atoms with Gasteiger partial charge in [-0.2, -0.15) is 13.2 Å². The molecule has 0 aliphatic carbocycles. The average molecular weight is 677 g/mol. The number of rotatable bonds is 6. The number of morpholine rings is 1. The van der Waals surface area contributed by atoms with Crippen molar-refractivity contribution in [2.45, 2.75) is 10.4 Å². The molecule has 4 heterocycles. The number of fused-ring (bicyclic) bond motifs is 3. The second kappa shape index (κ2) is 11.8. The van der Waals surface area contributed by atoms with Gasteiger partial charge in [0.2, 0.25) is 0 Å². The van der Waals surface area contributed by atoms with Crippen LogP contribution in [0.2, 0.25) is 0 Å². The minimum absolute atomic E-state index is 0.0726. The van der Waals surface area contributed by atoms with E-state index in [1.165, 1.54) is 18.2 Å². The van der Waals surface area contributed by atoms with Gasteiger partial charge < -0.3 is 14.6 Å². The SMILES string of the molecule is CN(c1cc2c(cc1C(F)(F)F)[nH]c1ncc(-c3ccc(C(=O)N4CCOCC4)cc3)c(-c3ccccc3)c12)S(=O)(=O)c1cccs1. The zero-order valence-electron chi connectivity index (χ0n) is 24.9. The Labute approximate surface area is 272 Å². The van der Waals surface area contributed by atoms with Gasteiger partial charge in [0.15, 0.2) is 0 Å². The Morgan fingerprint density at radius 3 is 2.36 bits per heavy atom. The maximum atomic E-state index is 14.5. The Bertz CT molecular complexity index is 2210. The van der Waals surface area contributed by atoms with E-state index in [1.54, 1.807) is 28.6 Å². The summed E-state index contributed by atoms with van der Waals surface area (Å²) in [6.45, 7) is 2.01. The van der Waals surface area contributed by atoms with E-state index in [4.69, 9.17) is 4.74 Å². The lowest BCUT2D eigenvalue weighted by Gasteiger charge is -2.26. The van der Waals surface area contributed by atoms with Crippen molar-refractivity contribution in [2.24, 2.45) is 0 Å². The number of nitrogens with zero attached hydrogens (tertiary/aromatic N) is 3. The molecule has 1 aliphatic heterocycles. The summed E-state index contributed by atoms with van der Waals surface area (Å²) < 4.78 is 76.3. The predicted molar refractivity (Wildman–Crippen MR) is 176 cm³/mol. The predicted octanol–water partition coefficient (Wildman–Crippen LogP) is 7.43. The van der Waals surface area contributed by atoms with Crippen LogP contribution in [0.5, 0.6) is 0 Å². The lowest BCUT2D eigenvalue weighted by atomic mass is 9.92. The van der Waals surface area contributed by atoms with Crippen molar-refractivity contribution >= 4 is 54.9 Å². The van der Waals surface area contributed by atoms with Crippen LogP contribution < -0.4 is 4.31 Å². The normalized spacial score (nSPS) is 14.2. The third-order valence-corrected chi connectivity index (χ3v) is 11.4. The molecule has 1 amide bonds. The summed E-state index contributed by atoms with van der Waals surface area (Å²) in [5.41, 5.74) is 2.34. The third kappa shape index (κ3) is 5.53. The van der Waals surface area contributed by atoms with Crippen molar-refractivity contribution in [3.05, 3.63) is 102 Å². The molecule has 0 unspecified atom stereocenters. The minimum atomic E-state index is -4.85. The number of carbonyl (C=O) groups excluding carboxylic acids is 1. The molecule has 3 aromatic carbocycles. The Kier molecular flexibility index (Phi) is 7.77. The number of amides is 1. The highest BCUT2D eigenvalue weighted by Crippen LogP contribution is 2.45. The molecule has 0 bridgehead atoms. The fourth-order valence-corrected chi connectivity index (χ4v) is 8.29. The van der Waals surface area contributed by atoms with E-state index in [0.29, 0.717) is 63.7 Å². The van der Waals surface area contributed by atoms with Crippen LogP contribution in [-0.4, -0.2) is 62.5 Å².